The molecule has 1 atom stereocenters. The highest BCUT2D eigenvalue weighted by atomic mass is 31.0. The van der Waals surface area contributed by atoms with Crippen molar-refractivity contribution in [3.8, 4) is 0 Å². The van der Waals surface area contributed by atoms with Crippen molar-refractivity contribution in [3.05, 3.63) is 35.9 Å². The molecule has 0 saturated carbocycles. The van der Waals surface area contributed by atoms with Crippen molar-refractivity contribution < 1.29 is 0 Å². The summed E-state index contributed by atoms with van der Waals surface area (Å²) in [6, 6.07) is 6.76. The standard InChI is InChI=1S/C17H27P/c1-6-10-17(5,11-7-2)16-9-8-14(18)12-15(16)13(3)4/h8-9,12H,3,6-7,10-11,18H2,1-2,4-5H3. The van der Waals surface area contributed by atoms with Crippen molar-refractivity contribution in [1.82, 2.24) is 0 Å². The van der Waals surface area contributed by atoms with Crippen LogP contribution in [0.3, 0.4) is 0 Å². The molecule has 1 heteroatoms. The zero-order valence-electron chi connectivity index (χ0n) is 12.3. The van der Waals surface area contributed by atoms with E-state index in [1.54, 1.807) is 0 Å². The second-order valence-electron chi connectivity index (χ2n) is 5.65. The maximum atomic E-state index is 4.15. The molecule has 0 nitrogen and oxygen atoms in total. The Morgan fingerprint density at radius 3 is 2.22 bits per heavy atom. The van der Waals surface area contributed by atoms with Gasteiger partial charge in [0.2, 0.25) is 0 Å². The summed E-state index contributed by atoms with van der Waals surface area (Å²) < 4.78 is 0. The smallest absolute Gasteiger partial charge is 0.00694 e. The first-order valence-electron chi connectivity index (χ1n) is 7.00. The summed E-state index contributed by atoms with van der Waals surface area (Å²) in [4.78, 5) is 0. The van der Waals surface area contributed by atoms with Gasteiger partial charge in [-0.3, -0.25) is 0 Å². The summed E-state index contributed by atoms with van der Waals surface area (Å²) in [5.41, 5.74) is 4.28. The van der Waals surface area contributed by atoms with Crippen LogP contribution in [-0.4, -0.2) is 0 Å². The molecule has 1 unspecified atom stereocenters. The lowest BCUT2D eigenvalue weighted by atomic mass is 9.72. The lowest BCUT2D eigenvalue weighted by Gasteiger charge is -2.32. The molecule has 0 aliphatic carbocycles. The van der Waals surface area contributed by atoms with Crippen LogP contribution in [0, 0.1) is 0 Å². The molecule has 0 spiro atoms. The number of benzene rings is 1. The van der Waals surface area contributed by atoms with E-state index in [0.717, 1.165) is 0 Å². The molecule has 100 valence electrons. The number of rotatable bonds is 6. The molecule has 0 aliphatic rings. The maximum Gasteiger partial charge on any atom is -0.00694 e. The Morgan fingerprint density at radius 1 is 1.22 bits per heavy atom. The third-order valence-electron chi connectivity index (χ3n) is 3.76. The average Bonchev–Trinajstić information content (AvgIpc) is 2.29. The third-order valence-corrected chi connectivity index (χ3v) is 4.12. The first kappa shape index (κ1) is 15.4. The van der Waals surface area contributed by atoms with E-state index in [4.69, 9.17) is 0 Å². The van der Waals surface area contributed by atoms with Gasteiger partial charge in [0.1, 0.15) is 0 Å². The molecule has 0 aromatic heterocycles. The molecule has 0 fully saturated rings. The van der Waals surface area contributed by atoms with Gasteiger partial charge in [-0.25, -0.2) is 0 Å². The van der Waals surface area contributed by atoms with Gasteiger partial charge in [0, 0.05) is 0 Å². The van der Waals surface area contributed by atoms with Gasteiger partial charge in [0.25, 0.3) is 0 Å². The van der Waals surface area contributed by atoms with E-state index in [1.165, 1.54) is 47.7 Å². The van der Waals surface area contributed by atoms with E-state index in [9.17, 15) is 0 Å². The SMILES string of the molecule is C=C(C)c1cc(P)ccc1C(C)(CCC)CCC. The summed E-state index contributed by atoms with van der Waals surface area (Å²) >= 11 is 0. The normalized spacial score (nSPS) is 11.6. The predicted octanol–water partition coefficient (Wildman–Crippen LogP) is 5.08. The molecule has 0 heterocycles. The van der Waals surface area contributed by atoms with Gasteiger partial charge in [0.05, 0.1) is 0 Å². The zero-order valence-corrected chi connectivity index (χ0v) is 13.5. The second kappa shape index (κ2) is 6.53. The van der Waals surface area contributed by atoms with Gasteiger partial charge in [-0.05, 0) is 47.7 Å². The summed E-state index contributed by atoms with van der Waals surface area (Å²) in [5, 5.41) is 1.24. The van der Waals surface area contributed by atoms with Crippen molar-refractivity contribution in [2.75, 3.05) is 0 Å². The van der Waals surface area contributed by atoms with Crippen molar-refractivity contribution in [1.29, 1.82) is 0 Å². The van der Waals surface area contributed by atoms with Crippen LogP contribution in [0.1, 0.15) is 64.5 Å². The van der Waals surface area contributed by atoms with Gasteiger partial charge in [-0.2, -0.15) is 0 Å². The molecule has 1 rings (SSSR count). The Labute approximate surface area is 115 Å². The Bertz CT molecular complexity index is 412. The molecule has 0 bridgehead atoms. The zero-order chi connectivity index (χ0) is 13.8. The fourth-order valence-electron chi connectivity index (χ4n) is 2.94. The third kappa shape index (κ3) is 3.45. The van der Waals surface area contributed by atoms with E-state index in [-0.39, 0.29) is 5.41 Å². The van der Waals surface area contributed by atoms with Crippen molar-refractivity contribution in [2.45, 2.75) is 58.8 Å². The quantitative estimate of drug-likeness (QED) is 0.627. The van der Waals surface area contributed by atoms with Crippen LogP contribution in [-0.2, 0) is 5.41 Å². The molecule has 0 N–H and O–H groups in total. The summed E-state index contributed by atoms with van der Waals surface area (Å²) in [6.45, 7) is 13.2. The molecular weight excluding hydrogens is 235 g/mol. The van der Waals surface area contributed by atoms with Crippen LogP contribution in [0.5, 0.6) is 0 Å². The number of hydrogen-bond acceptors (Lipinski definition) is 0. The van der Waals surface area contributed by atoms with Gasteiger partial charge in [0.15, 0.2) is 0 Å². The number of hydrogen-bond donors (Lipinski definition) is 0. The van der Waals surface area contributed by atoms with E-state index < -0.39 is 0 Å². The minimum atomic E-state index is 0.288. The fourth-order valence-corrected chi connectivity index (χ4v) is 3.20. The second-order valence-corrected chi connectivity index (χ2v) is 6.31. The lowest BCUT2D eigenvalue weighted by molar-refractivity contribution is 0.391. The highest BCUT2D eigenvalue weighted by Gasteiger charge is 2.27. The maximum absolute atomic E-state index is 4.15. The molecule has 0 radical (unpaired) electrons. The molecule has 0 saturated heterocycles. The van der Waals surface area contributed by atoms with Crippen molar-refractivity contribution in [2.24, 2.45) is 0 Å². The van der Waals surface area contributed by atoms with Crippen molar-refractivity contribution >= 4 is 20.1 Å². The molecule has 0 aliphatic heterocycles. The number of allylic oxidation sites excluding steroid dienone is 1. The Hall–Kier alpha value is -0.610. The molecule has 0 amide bonds. The van der Waals surface area contributed by atoms with E-state index in [2.05, 4.69) is 61.7 Å². The van der Waals surface area contributed by atoms with Crippen molar-refractivity contribution in [3.63, 3.8) is 0 Å². The van der Waals surface area contributed by atoms with Gasteiger partial charge in [-0.15, -0.1) is 9.24 Å². The van der Waals surface area contributed by atoms with Crippen LogP contribution in [0.15, 0.2) is 24.8 Å². The van der Waals surface area contributed by atoms with E-state index in [1.807, 2.05) is 0 Å². The topological polar surface area (TPSA) is 0 Å². The minimum Gasteiger partial charge on any atom is -0.106 e. The first-order valence-corrected chi connectivity index (χ1v) is 7.58. The Morgan fingerprint density at radius 2 is 1.78 bits per heavy atom. The predicted molar refractivity (Wildman–Crippen MR) is 87.7 cm³/mol. The fraction of sp³-hybridized carbons (Fsp3) is 0.529. The lowest BCUT2D eigenvalue weighted by Crippen LogP contribution is -2.23. The van der Waals surface area contributed by atoms with E-state index >= 15 is 0 Å². The monoisotopic (exact) mass is 262 g/mol. The minimum absolute atomic E-state index is 0.288. The molecule has 1 aromatic carbocycles. The van der Waals surface area contributed by atoms with E-state index in [0.29, 0.717) is 0 Å². The van der Waals surface area contributed by atoms with Gasteiger partial charge >= 0.3 is 0 Å². The van der Waals surface area contributed by atoms with Crippen LogP contribution in [0.2, 0.25) is 0 Å². The van der Waals surface area contributed by atoms with Gasteiger partial charge < -0.3 is 0 Å². The largest absolute Gasteiger partial charge is 0.106 e. The summed E-state index contributed by atoms with van der Waals surface area (Å²) in [5.74, 6) is 0. The average molecular weight is 262 g/mol. The molecular formula is C17H27P. The van der Waals surface area contributed by atoms with Crippen LogP contribution < -0.4 is 5.30 Å². The van der Waals surface area contributed by atoms with Gasteiger partial charge in [-0.1, -0.05) is 57.9 Å². The highest BCUT2D eigenvalue weighted by Crippen LogP contribution is 2.37. The highest BCUT2D eigenvalue weighted by molar-refractivity contribution is 7.27. The Kier molecular flexibility index (Phi) is 5.60. The summed E-state index contributed by atoms with van der Waals surface area (Å²) in [7, 11) is 2.79. The van der Waals surface area contributed by atoms with Crippen LogP contribution in [0.25, 0.3) is 5.57 Å². The van der Waals surface area contributed by atoms with Crippen LogP contribution in [0.4, 0.5) is 0 Å². The summed E-state index contributed by atoms with van der Waals surface area (Å²) in [6.07, 6.45) is 4.96. The first-order chi connectivity index (χ1) is 8.44. The van der Waals surface area contributed by atoms with Crippen LogP contribution >= 0.6 is 9.24 Å². The molecule has 1 aromatic rings. The molecule has 18 heavy (non-hydrogen) atoms. The Balaban J connectivity index is 3.31.